The van der Waals surface area contributed by atoms with Crippen LogP contribution in [0.4, 0.5) is 18.9 Å². The fourth-order valence-corrected chi connectivity index (χ4v) is 2.73. The van der Waals surface area contributed by atoms with E-state index in [1.165, 1.54) is 18.9 Å². The second-order valence-electron chi connectivity index (χ2n) is 5.92. The van der Waals surface area contributed by atoms with E-state index in [0.29, 0.717) is 17.5 Å². The SMILES string of the molecule is NC(=S)c1cc(C(F)(F)F)ccc1N(CC1CC1)C1CC1. The molecule has 2 aliphatic carbocycles. The number of thiocarbonyl (C=S) groups is 1. The van der Waals surface area contributed by atoms with Crippen molar-refractivity contribution in [2.45, 2.75) is 37.9 Å². The van der Waals surface area contributed by atoms with Gasteiger partial charge in [-0.3, -0.25) is 0 Å². The third-order valence-corrected chi connectivity index (χ3v) is 4.26. The molecule has 0 unspecified atom stereocenters. The number of nitrogens with zero attached hydrogens (tertiary/aromatic N) is 1. The molecule has 3 rings (SSSR count). The van der Waals surface area contributed by atoms with Crippen LogP contribution >= 0.6 is 12.2 Å². The predicted octanol–water partition coefficient (Wildman–Crippen LogP) is 3.72. The zero-order valence-corrected chi connectivity index (χ0v) is 12.3. The normalized spacial score (nSPS) is 18.6. The lowest BCUT2D eigenvalue weighted by Crippen LogP contribution is -2.30. The second-order valence-corrected chi connectivity index (χ2v) is 6.36. The van der Waals surface area contributed by atoms with Gasteiger partial charge in [0, 0.05) is 23.8 Å². The Balaban J connectivity index is 1.97. The molecule has 2 aliphatic rings. The van der Waals surface area contributed by atoms with E-state index in [1.54, 1.807) is 0 Å². The van der Waals surface area contributed by atoms with Crippen molar-refractivity contribution in [2.75, 3.05) is 11.4 Å². The maximum absolute atomic E-state index is 12.9. The van der Waals surface area contributed by atoms with Crippen LogP contribution in [0.2, 0.25) is 0 Å². The van der Waals surface area contributed by atoms with Crippen LogP contribution < -0.4 is 10.6 Å². The van der Waals surface area contributed by atoms with Crippen molar-refractivity contribution in [1.82, 2.24) is 0 Å². The first-order valence-corrected chi connectivity index (χ1v) is 7.55. The molecule has 0 heterocycles. The van der Waals surface area contributed by atoms with Crippen LogP contribution in [0.15, 0.2) is 18.2 Å². The van der Waals surface area contributed by atoms with E-state index in [-0.39, 0.29) is 4.99 Å². The van der Waals surface area contributed by atoms with Crippen LogP contribution in [0.3, 0.4) is 0 Å². The van der Waals surface area contributed by atoms with Crippen LogP contribution in [-0.4, -0.2) is 17.6 Å². The first kappa shape index (κ1) is 14.6. The molecule has 0 saturated heterocycles. The van der Waals surface area contributed by atoms with Gasteiger partial charge in [0.05, 0.1) is 5.56 Å². The number of rotatable bonds is 5. The van der Waals surface area contributed by atoms with Crippen LogP contribution in [0.1, 0.15) is 36.8 Å². The summed E-state index contributed by atoms with van der Waals surface area (Å²) in [6, 6.07) is 4.16. The van der Waals surface area contributed by atoms with Crippen molar-refractivity contribution >= 4 is 22.9 Å². The molecule has 21 heavy (non-hydrogen) atoms. The van der Waals surface area contributed by atoms with E-state index in [2.05, 4.69) is 4.90 Å². The van der Waals surface area contributed by atoms with Gasteiger partial charge < -0.3 is 10.6 Å². The van der Waals surface area contributed by atoms with Gasteiger partial charge in [0.1, 0.15) is 4.99 Å². The largest absolute Gasteiger partial charge is 0.416 e. The number of hydrogen-bond acceptors (Lipinski definition) is 2. The van der Waals surface area contributed by atoms with Gasteiger partial charge in [0.2, 0.25) is 0 Å². The zero-order valence-electron chi connectivity index (χ0n) is 11.5. The van der Waals surface area contributed by atoms with Gasteiger partial charge in [-0.05, 0) is 49.8 Å². The van der Waals surface area contributed by atoms with Gasteiger partial charge in [0.25, 0.3) is 0 Å². The first-order chi connectivity index (χ1) is 9.86. The topological polar surface area (TPSA) is 29.3 Å². The van der Waals surface area contributed by atoms with Crippen molar-refractivity contribution in [2.24, 2.45) is 11.7 Å². The van der Waals surface area contributed by atoms with Gasteiger partial charge in [0.15, 0.2) is 0 Å². The Kier molecular flexibility index (Phi) is 3.59. The number of benzene rings is 1. The Bertz CT molecular complexity index is 563. The number of anilines is 1. The highest BCUT2D eigenvalue weighted by Crippen LogP contribution is 2.40. The van der Waals surface area contributed by atoms with Crippen molar-refractivity contribution in [3.63, 3.8) is 0 Å². The van der Waals surface area contributed by atoms with Crippen molar-refractivity contribution in [3.05, 3.63) is 29.3 Å². The van der Waals surface area contributed by atoms with Crippen LogP contribution in [-0.2, 0) is 6.18 Å². The molecule has 1 aromatic carbocycles. The molecule has 2 nitrogen and oxygen atoms in total. The van der Waals surface area contributed by atoms with Crippen LogP contribution in [0, 0.1) is 5.92 Å². The van der Waals surface area contributed by atoms with Gasteiger partial charge >= 0.3 is 6.18 Å². The first-order valence-electron chi connectivity index (χ1n) is 7.14. The highest BCUT2D eigenvalue weighted by molar-refractivity contribution is 7.80. The molecule has 2 N–H and O–H groups in total. The van der Waals surface area contributed by atoms with Gasteiger partial charge in [-0.1, -0.05) is 12.2 Å². The number of hydrogen-bond donors (Lipinski definition) is 1. The lowest BCUT2D eigenvalue weighted by molar-refractivity contribution is -0.137. The molecule has 2 saturated carbocycles. The molecule has 114 valence electrons. The minimum atomic E-state index is -4.38. The number of nitrogens with two attached hydrogens (primary N) is 1. The molecule has 6 heteroatoms. The third-order valence-electron chi connectivity index (χ3n) is 4.04. The molecule has 0 bridgehead atoms. The average Bonchev–Trinajstić information content (AvgIpc) is 3.25. The third kappa shape index (κ3) is 3.31. The Labute approximate surface area is 127 Å². The molecule has 0 radical (unpaired) electrons. The zero-order chi connectivity index (χ0) is 15.2. The summed E-state index contributed by atoms with van der Waals surface area (Å²) in [6.45, 7) is 0.894. The molecule has 0 aromatic heterocycles. The molecule has 0 aliphatic heterocycles. The van der Waals surface area contributed by atoms with Crippen molar-refractivity contribution in [3.8, 4) is 0 Å². The molecule has 2 fully saturated rings. The van der Waals surface area contributed by atoms with E-state index >= 15 is 0 Å². The average molecular weight is 314 g/mol. The van der Waals surface area contributed by atoms with Gasteiger partial charge in [-0.25, -0.2) is 0 Å². The van der Waals surface area contributed by atoms with E-state index in [0.717, 1.165) is 37.2 Å². The van der Waals surface area contributed by atoms with Crippen LogP contribution in [0.25, 0.3) is 0 Å². The molecule has 0 amide bonds. The predicted molar refractivity (Wildman–Crippen MR) is 80.4 cm³/mol. The van der Waals surface area contributed by atoms with Gasteiger partial charge in [-0.15, -0.1) is 0 Å². The summed E-state index contributed by atoms with van der Waals surface area (Å²) in [6.07, 6.45) is 0.201. The standard InChI is InChI=1S/C15H17F3N2S/c16-15(17,18)10-3-6-13(12(7-10)14(19)21)20(11-4-5-11)8-9-1-2-9/h3,6-7,9,11H,1-2,4-5,8H2,(H2,19,21). The van der Waals surface area contributed by atoms with Gasteiger partial charge in [-0.2, -0.15) is 13.2 Å². The minimum Gasteiger partial charge on any atom is -0.389 e. The summed E-state index contributed by atoms with van der Waals surface area (Å²) in [5.74, 6) is 0.659. The van der Waals surface area contributed by atoms with E-state index in [9.17, 15) is 13.2 Å². The Morgan fingerprint density at radius 3 is 2.38 bits per heavy atom. The molecule has 0 atom stereocenters. The quantitative estimate of drug-likeness (QED) is 0.840. The Hall–Kier alpha value is -1.30. The molecule has 0 spiro atoms. The highest BCUT2D eigenvalue weighted by atomic mass is 32.1. The monoisotopic (exact) mass is 314 g/mol. The lowest BCUT2D eigenvalue weighted by Gasteiger charge is -2.27. The van der Waals surface area contributed by atoms with Crippen molar-refractivity contribution < 1.29 is 13.2 Å². The summed E-state index contributed by atoms with van der Waals surface area (Å²) < 4.78 is 38.6. The van der Waals surface area contributed by atoms with Crippen LogP contribution in [0.5, 0.6) is 0 Å². The van der Waals surface area contributed by atoms with E-state index in [4.69, 9.17) is 18.0 Å². The maximum Gasteiger partial charge on any atom is 0.416 e. The Morgan fingerprint density at radius 1 is 1.24 bits per heavy atom. The fraction of sp³-hybridized carbons (Fsp3) is 0.533. The summed E-state index contributed by atoms with van der Waals surface area (Å²) >= 11 is 4.97. The van der Waals surface area contributed by atoms with E-state index in [1.807, 2.05) is 0 Å². The Morgan fingerprint density at radius 2 is 1.90 bits per heavy atom. The summed E-state index contributed by atoms with van der Waals surface area (Å²) in [7, 11) is 0. The summed E-state index contributed by atoms with van der Waals surface area (Å²) in [5.41, 5.74) is 6.07. The highest BCUT2D eigenvalue weighted by Gasteiger charge is 2.36. The maximum atomic E-state index is 12.9. The van der Waals surface area contributed by atoms with E-state index < -0.39 is 11.7 Å². The number of alkyl halides is 3. The smallest absolute Gasteiger partial charge is 0.389 e. The fourth-order valence-electron chi connectivity index (χ4n) is 2.57. The summed E-state index contributed by atoms with van der Waals surface area (Å²) in [5, 5.41) is 0. The molecular formula is C15H17F3N2S. The summed E-state index contributed by atoms with van der Waals surface area (Å²) in [4.78, 5) is 2.23. The minimum absolute atomic E-state index is 0.0255. The number of halogens is 3. The molecular weight excluding hydrogens is 297 g/mol. The lowest BCUT2D eigenvalue weighted by atomic mass is 10.1. The molecule has 1 aromatic rings. The second kappa shape index (κ2) is 5.16. The van der Waals surface area contributed by atoms with Crippen molar-refractivity contribution in [1.29, 1.82) is 0 Å².